The Morgan fingerprint density at radius 3 is 2.84 bits per heavy atom. The second kappa shape index (κ2) is 7.17. The van der Waals surface area contributed by atoms with Crippen molar-refractivity contribution >= 4 is 11.8 Å². The zero-order valence-corrected chi connectivity index (χ0v) is 14.3. The average molecular weight is 340 g/mol. The molecule has 2 N–H and O–H groups in total. The van der Waals surface area contributed by atoms with Gasteiger partial charge in [0.2, 0.25) is 0 Å². The van der Waals surface area contributed by atoms with Gasteiger partial charge >= 0.3 is 6.03 Å². The maximum atomic E-state index is 12.4. The van der Waals surface area contributed by atoms with E-state index in [1.807, 2.05) is 30.5 Å². The first kappa shape index (κ1) is 16.0. The molecule has 4 rings (SSSR count). The van der Waals surface area contributed by atoms with Gasteiger partial charge in [0.1, 0.15) is 11.6 Å². The summed E-state index contributed by atoms with van der Waals surface area (Å²) in [6, 6.07) is 8.16. The lowest BCUT2D eigenvalue weighted by Gasteiger charge is -2.33. The fourth-order valence-corrected chi connectivity index (χ4v) is 3.82. The van der Waals surface area contributed by atoms with Gasteiger partial charge in [-0.1, -0.05) is 6.07 Å². The molecule has 1 aliphatic heterocycles. The van der Waals surface area contributed by atoms with Crippen molar-refractivity contribution in [3.05, 3.63) is 48.0 Å². The van der Waals surface area contributed by atoms with Crippen molar-refractivity contribution in [3.8, 4) is 0 Å². The van der Waals surface area contributed by atoms with Gasteiger partial charge in [-0.15, -0.1) is 0 Å². The van der Waals surface area contributed by atoms with Crippen molar-refractivity contribution in [2.45, 2.75) is 44.2 Å². The quantitative estimate of drug-likeness (QED) is 0.901. The van der Waals surface area contributed by atoms with Gasteiger partial charge in [-0.05, 0) is 43.9 Å². The maximum absolute atomic E-state index is 12.4. The molecule has 0 aromatic carbocycles. The van der Waals surface area contributed by atoms with E-state index in [0.29, 0.717) is 0 Å². The van der Waals surface area contributed by atoms with Crippen LogP contribution in [0.3, 0.4) is 0 Å². The van der Waals surface area contributed by atoms with E-state index in [0.717, 1.165) is 62.3 Å². The summed E-state index contributed by atoms with van der Waals surface area (Å²) >= 11 is 0. The summed E-state index contributed by atoms with van der Waals surface area (Å²) in [5.74, 6) is 2.03. The van der Waals surface area contributed by atoms with Gasteiger partial charge in [0.25, 0.3) is 0 Å². The number of piperidine rings is 1. The van der Waals surface area contributed by atoms with E-state index in [4.69, 9.17) is 4.42 Å². The minimum Gasteiger partial charge on any atom is -0.469 e. The normalized spacial score (nSPS) is 20.8. The Kier molecular flexibility index (Phi) is 4.59. The molecular weight excluding hydrogens is 316 g/mol. The van der Waals surface area contributed by atoms with Gasteiger partial charge in [0, 0.05) is 37.3 Å². The minimum absolute atomic E-state index is 0.0658. The van der Waals surface area contributed by atoms with Crippen LogP contribution in [0.25, 0.3) is 0 Å². The van der Waals surface area contributed by atoms with Crippen LogP contribution in [-0.2, 0) is 6.42 Å². The van der Waals surface area contributed by atoms with Gasteiger partial charge in [0.05, 0.1) is 12.3 Å². The fraction of sp³-hybridized carbons (Fsp3) is 0.474. The van der Waals surface area contributed by atoms with Crippen molar-refractivity contribution in [1.29, 1.82) is 0 Å². The second-order valence-electron chi connectivity index (χ2n) is 6.81. The lowest BCUT2D eigenvalue weighted by molar-refractivity contribution is 0.228. The summed E-state index contributed by atoms with van der Waals surface area (Å²) in [5, 5.41) is 6.25. The highest BCUT2D eigenvalue weighted by atomic mass is 16.3. The maximum Gasteiger partial charge on any atom is 0.315 e. The monoisotopic (exact) mass is 340 g/mol. The number of aromatic nitrogens is 1. The van der Waals surface area contributed by atoms with Gasteiger partial charge in [-0.25, -0.2) is 9.78 Å². The smallest absolute Gasteiger partial charge is 0.315 e. The summed E-state index contributed by atoms with van der Waals surface area (Å²) in [5.41, 5.74) is 1.13. The number of hydrogen-bond donors (Lipinski definition) is 2. The van der Waals surface area contributed by atoms with Crippen LogP contribution in [-0.4, -0.2) is 30.1 Å². The number of carbonyl (C=O) groups is 1. The van der Waals surface area contributed by atoms with E-state index in [1.165, 1.54) is 0 Å². The van der Waals surface area contributed by atoms with Crippen LogP contribution in [0, 0.1) is 0 Å². The number of anilines is 1. The third-order valence-corrected chi connectivity index (χ3v) is 5.16. The van der Waals surface area contributed by atoms with E-state index < -0.39 is 0 Å². The predicted molar refractivity (Wildman–Crippen MR) is 95.5 cm³/mol. The number of carbonyl (C=O) groups excluding carboxylic acids is 1. The molecule has 6 nitrogen and oxygen atoms in total. The topological polar surface area (TPSA) is 70.4 Å². The van der Waals surface area contributed by atoms with Crippen LogP contribution in [0.1, 0.15) is 43.0 Å². The van der Waals surface area contributed by atoms with Crippen LogP contribution >= 0.6 is 0 Å². The highest BCUT2D eigenvalue weighted by molar-refractivity contribution is 5.75. The third-order valence-electron chi connectivity index (χ3n) is 5.16. The zero-order chi connectivity index (χ0) is 17.1. The van der Waals surface area contributed by atoms with Crippen LogP contribution in [0.4, 0.5) is 10.6 Å². The number of hydrogen-bond acceptors (Lipinski definition) is 4. The first-order valence-corrected chi connectivity index (χ1v) is 9.09. The van der Waals surface area contributed by atoms with E-state index in [-0.39, 0.29) is 18.1 Å². The molecule has 1 unspecified atom stereocenters. The number of fused-ring (bicyclic) bond motifs is 1. The Labute approximate surface area is 147 Å². The van der Waals surface area contributed by atoms with Crippen molar-refractivity contribution in [2.75, 3.05) is 18.0 Å². The zero-order valence-electron chi connectivity index (χ0n) is 14.3. The van der Waals surface area contributed by atoms with Crippen molar-refractivity contribution in [3.63, 3.8) is 0 Å². The Bertz CT molecular complexity index is 707. The molecule has 1 aliphatic carbocycles. The van der Waals surface area contributed by atoms with Crippen LogP contribution in [0.2, 0.25) is 0 Å². The predicted octanol–water partition coefficient (Wildman–Crippen LogP) is 3.02. The molecule has 6 heteroatoms. The molecular formula is C19H24N4O2. The van der Waals surface area contributed by atoms with E-state index in [1.54, 1.807) is 6.26 Å². The summed E-state index contributed by atoms with van der Waals surface area (Å²) in [6.07, 6.45) is 8.40. The minimum atomic E-state index is -0.0738. The molecule has 2 aliphatic rings. The Balaban J connectivity index is 1.27. The van der Waals surface area contributed by atoms with Crippen LogP contribution in [0.15, 0.2) is 41.1 Å². The molecule has 3 heterocycles. The molecule has 0 spiro atoms. The van der Waals surface area contributed by atoms with Crippen LogP contribution < -0.4 is 15.5 Å². The highest BCUT2D eigenvalue weighted by Gasteiger charge is 2.26. The molecule has 25 heavy (non-hydrogen) atoms. The lowest BCUT2D eigenvalue weighted by Crippen LogP contribution is -2.49. The Hall–Kier alpha value is -2.50. The molecule has 2 aromatic rings. The second-order valence-corrected chi connectivity index (χ2v) is 6.81. The fourth-order valence-electron chi connectivity index (χ4n) is 3.82. The number of furan rings is 1. The summed E-state index contributed by atoms with van der Waals surface area (Å²) in [7, 11) is 0. The first-order chi connectivity index (χ1) is 12.3. The van der Waals surface area contributed by atoms with Crippen LogP contribution in [0.5, 0.6) is 0 Å². The number of nitrogens with one attached hydrogen (secondary N) is 2. The van der Waals surface area contributed by atoms with Crippen molar-refractivity contribution in [2.24, 2.45) is 0 Å². The molecule has 2 aromatic heterocycles. The Morgan fingerprint density at radius 1 is 1.16 bits per heavy atom. The standard InChI is InChI=1S/C19H24N4O2/c24-19(22-16-4-3-5-17-15(16)9-13-25-17)21-14-7-11-23(12-8-14)18-6-1-2-10-20-18/h1-2,6,9-10,13-14,16H,3-5,7-8,11-12H2,(H2,21,22,24). The number of nitrogens with zero attached hydrogens (tertiary/aromatic N) is 2. The van der Waals surface area contributed by atoms with Gasteiger partial charge in [-0.2, -0.15) is 0 Å². The summed E-state index contributed by atoms with van der Waals surface area (Å²) in [4.78, 5) is 19.1. The number of aryl methyl sites for hydroxylation is 1. The van der Waals surface area contributed by atoms with E-state index in [9.17, 15) is 4.79 Å². The molecule has 132 valence electrons. The highest BCUT2D eigenvalue weighted by Crippen LogP contribution is 2.30. The number of pyridine rings is 1. The number of amides is 2. The van der Waals surface area contributed by atoms with Crippen molar-refractivity contribution in [1.82, 2.24) is 15.6 Å². The van der Waals surface area contributed by atoms with Crippen molar-refractivity contribution < 1.29 is 9.21 Å². The molecule has 1 saturated heterocycles. The molecule has 1 atom stereocenters. The lowest BCUT2D eigenvalue weighted by atomic mass is 9.93. The molecule has 0 radical (unpaired) electrons. The first-order valence-electron chi connectivity index (χ1n) is 9.09. The summed E-state index contributed by atoms with van der Waals surface area (Å²) in [6.45, 7) is 1.83. The van der Waals surface area contributed by atoms with Gasteiger partial charge in [0.15, 0.2) is 0 Å². The number of urea groups is 1. The third kappa shape index (κ3) is 3.62. The van der Waals surface area contributed by atoms with Gasteiger partial charge in [-0.3, -0.25) is 0 Å². The Morgan fingerprint density at radius 2 is 2.04 bits per heavy atom. The van der Waals surface area contributed by atoms with E-state index in [2.05, 4.69) is 20.5 Å². The molecule has 0 bridgehead atoms. The summed E-state index contributed by atoms with van der Waals surface area (Å²) < 4.78 is 5.49. The molecule has 0 saturated carbocycles. The average Bonchev–Trinajstić information content (AvgIpc) is 3.13. The van der Waals surface area contributed by atoms with Gasteiger partial charge < -0.3 is 20.0 Å². The SMILES string of the molecule is O=C(NC1CCN(c2ccccn2)CC1)NC1CCCc2occc21. The molecule has 1 fully saturated rings. The largest absolute Gasteiger partial charge is 0.469 e. The molecule has 2 amide bonds. The number of rotatable bonds is 3. The van der Waals surface area contributed by atoms with E-state index >= 15 is 0 Å².